The summed E-state index contributed by atoms with van der Waals surface area (Å²) >= 11 is 0. The van der Waals surface area contributed by atoms with E-state index in [0.29, 0.717) is 0 Å². The van der Waals surface area contributed by atoms with Crippen LogP contribution in [0.4, 0.5) is 0 Å². The molecule has 0 unspecified atom stereocenters. The zero-order chi connectivity index (χ0) is 9.15. The Balaban J connectivity index is 0.000000980. The molecule has 1 fully saturated rings. The Bertz CT molecular complexity index is 268. The number of rotatable bonds is 1. The van der Waals surface area contributed by atoms with Gasteiger partial charge >= 0.3 is 18.9 Å². The fourth-order valence-corrected chi connectivity index (χ4v) is 1.49. The summed E-state index contributed by atoms with van der Waals surface area (Å²) in [5.41, 5.74) is 1.06. The summed E-state index contributed by atoms with van der Waals surface area (Å²) in [7, 11) is 0. The van der Waals surface area contributed by atoms with E-state index >= 15 is 0 Å². The molecule has 70 valence electrons. The summed E-state index contributed by atoms with van der Waals surface area (Å²) in [6.45, 7) is 3.51. The van der Waals surface area contributed by atoms with Crippen LogP contribution in [0.25, 0.3) is 0 Å². The van der Waals surface area contributed by atoms with Gasteiger partial charge in [-0.2, -0.15) is 30.3 Å². The SMILES string of the molecule is CC1(c2cc[c-]cc2)OCCCO1.[Li+]. The minimum absolute atomic E-state index is 0. The van der Waals surface area contributed by atoms with E-state index in [2.05, 4.69) is 6.07 Å². The van der Waals surface area contributed by atoms with Gasteiger partial charge in [-0.3, -0.25) is 0 Å². The Labute approximate surface area is 96.8 Å². The van der Waals surface area contributed by atoms with Gasteiger partial charge in [-0.05, 0) is 13.3 Å². The average molecular weight is 184 g/mol. The number of ether oxygens (including phenoxy) is 2. The molecule has 1 aliphatic rings. The quantitative estimate of drug-likeness (QED) is 0.416. The molecule has 0 aromatic heterocycles. The van der Waals surface area contributed by atoms with E-state index < -0.39 is 5.79 Å². The van der Waals surface area contributed by atoms with Gasteiger partial charge in [0.15, 0.2) is 5.79 Å². The summed E-state index contributed by atoms with van der Waals surface area (Å²) in [6.07, 6.45) is 0.981. The van der Waals surface area contributed by atoms with Crippen molar-refractivity contribution in [3.05, 3.63) is 35.9 Å². The minimum atomic E-state index is -0.548. The van der Waals surface area contributed by atoms with Gasteiger partial charge in [-0.1, -0.05) is 5.56 Å². The maximum Gasteiger partial charge on any atom is 1.00 e. The van der Waals surface area contributed by atoms with Gasteiger partial charge in [0.2, 0.25) is 0 Å². The first-order chi connectivity index (χ1) is 6.31. The maximum atomic E-state index is 5.62. The molecule has 1 aromatic carbocycles. The van der Waals surface area contributed by atoms with Crippen LogP contribution in [-0.4, -0.2) is 13.2 Å². The van der Waals surface area contributed by atoms with Crippen LogP contribution >= 0.6 is 0 Å². The molecular weight excluding hydrogens is 171 g/mol. The van der Waals surface area contributed by atoms with Gasteiger partial charge in [-0.15, -0.1) is 0 Å². The van der Waals surface area contributed by atoms with Gasteiger partial charge in [0.1, 0.15) is 0 Å². The third kappa shape index (κ3) is 2.40. The van der Waals surface area contributed by atoms with Crippen LogP contribution in [0, 0.1) is 6.07 Å². The molecule has 0 aliphatic carbocycles. The summed E-state index contributed by atoms with van der Waals surface area (Å²) < 4.78 is 11.2. The predicted octanol–water partition coefficient (Wildman–Crippen LogP) is -0.900. The van der Waals surface area contributed by atoms with Crippen molar-refractivity contribution >= 4 is 0 Å². The first kappa shape index (κ1) is 11.8. The fourth-order valence-electron chi connectivity index (χ4n) is 1.49. The molecule has 0 atom stereocenters. The normalized spacial score (nSPS) is 19.8. The second-order valence-corrected chi connectivity index (χ2v) is 3.28. The molecule has 0 bridgehead atoms. The van der Waals surface area contributed by atoms with Crippen molar-refractivity contribution in [1.82, 2.24) is 0 Å². The van der Waals surface area contributed by atoms with Crippen molar-refractivity contribution in [1.29, 1.82) is 0 Å². The van der Waals surface area contributed by atoms with Crippen molar-refractivity contribution in [2.45, 2.75) is 19.1 Å². The first-order valence-electron chi connectivity index (χ1n) is 4.56. The summed E-state index contributed by atoms with van der Waals surface area (Å²) in [5, 5.41) is 0. The molecule has 2 nitrogen and oxygen atoms in total. The van der Waals surface area contributed by atoms with Gasteiger partial charge in [0.05, 0.1) is 13.2 Å². The summed E-state index contributed by atoms with van der Waals surface area (Å²) in [6, 6.07) is 10.7. The fraction of sp³-hybridized carbons (Fsp3) is 0.455. The second-order valence-electron chi connectivity index (χ2n) is 3.28. The average Bonchev–Trinajstić information content (AvgIpc) is 2.20. The first-order valence-corrected chi connectivity index (χ1v) is 4.56. The van der Waals surface area contributed by atoms with E-state index in [9.17, 15) is 0 Å². The smallest absolute Gasteiger partial charge is 0.348 e. The van der Waals surface area contributed by atoms with Crippen molar-refractivity contribution in [3.63, 3.8) is 0 Å². The molecule has 1 aliphatic heterocycles. The molecule has 1 heterocycles. The number of benzene rings is 1. The molecular formula is C11H13LiO2. The van der Waals surface area contributed by atoms with Gasteiger partial charge in [0.25, 0.3) is 0 Å². The van der Waals surface area contributed by atoms with Crippen molar-refractivity contribution in [2.75, 3.05) is 13.2 Å². The van der Waals surface area contributed by atoms with Gasteiger partial charge < -0.3 is 9.47 Å². The van der Waals surface area contributed by atoms with Crippen LogP contribution in [0.2, 0.25) is 0 Å². The zero-order valence-corrected chi connectivity index (χ0v) is 8.75. The molecule has 0 N–H and O–H groups in total. The maximum absolute atomic E-state index is 5.62. The molecule has 2 rings (SSSR count). The Morgan fingerprint density at radius 1 is 1.21 bits per heavy atom. The minimum Gasteiger partial charge on any atom is -0.348 e. The monoisotopic (exact) mass is 184 g/mol. The van der Waals surface area contributed by atoms with Crippen molar-refractivity contribution in [2.24, 2.45) is 0 Å². The molecule has 0 spiro atoms. The van der Waals surface area contributed by atoms with Crippen LogP contribution in [0.1, 0.15) is 18.9 Å². The van der Waals surface area contributed by atoms with Gasteiger partial charge in [-0.25, -0.2) is 0 Å². The standard InChI is InChI=1S/C11H13O2.Li/c1-11(12-8-5-9-13-11)10-6-3-2-4-7-10;/h3-4,6-7H,5,8-9H2,1H3;/q-1;+1. The second kappa shape index (κ2) is 5.00. The van der Waals surface area contributed by atoms with E-state index in [-0.39, 0.29) is 18.9 Å². The molecule has 0 saturated carbocycles. The third-order valence-electron chi connectivity index (χ3n) is 2.29. The van der Waals surface area contributed by atoms with E-state index in [1.165, 1.54) is 0 Å². The largest absolute Gasteiger partial charge is 1.00 e. The Kier molecular flexibility index (Phi) is 4.22. The number of hydrogen-bond acceptors (Lipinski definition) is 2. The number of hydrogen-bond donors (Lipinski definition) is 0. The summed E-state index contributed by atoms with van der Waals surface area (Å²) in [5.74, 6) is -0.548. The van der Waals surface area contributed by atoms with Crippen LogP contribution in [0.15, 0.2) is 24.3 Å². The van der Waals surface area contributed by atoms with Gasteiger partial charge in [0, 0.05) is 0 Å². The summed E-state index contributed by atoms with van der Waals surface area (Å²) in [4.78, 5) is 0. The van der Waals surface area contributed by atoms with E-state index in [1.54, 1.807) is 0 Å². The van der Waals surface area contributed by atoms with Crippen LogP contribution in [-0.2, 0) is 15.3 Å². The van der Waals surface area contributed by atoms with Crippen LogP contribution in [0.3, 0.4) is 0 Å². The molecule has 1 saturated heterocycles. The Morgan fingerprint density at radius 3 is 2.36 bits per heavy atom. The van der Waals surface area contributed by atoms with Crippen molar-refractivity contribution in [3.8, 4) is 0 Å². The van der Waals surface area contributed by atoms with E-state index in [0.717, 1.165) is 25.2 Å². The van der Waals surface area contributed by atoms with E-state index in [1.807, 2.05) is 31.2 Å². The van der Waals surface area contributed by atoms with Crippen molar-refractivity contribution < 1.29 is 28.3 Å². The Morgan fingerprint density at radius 2 is 1.79 bits per heavy atom. The molecule has 0 amide bonds. The topological polar surface area (TPSA) is 18.5 Å². The Hall–Kier alpha value is -0.263. The van der Waals surface area contributed by atoms with E-state index in [4.69, 9.17) is 9.47 Å². The molecule has 0 radical (unpaired) electrons. The third-order valence-corrected chi connectivity index (χ3v) is 2.29. The van der Waals surface area contributed by atoms with Crippen LogP contribution in [0.5, 0.6) is 0 Å². The zero-order valence-electron chi connectivity index (χ0n) is 8.75. The molecule has 14 heavy (non-hydrogen) atoms. The molecule has 1 aromatic rings. The molecule has 3 heteroatoms. The van der Waals surface area contributed by atoms with Crippen LogP contribution < -0.4 is 18.9 Å². The predicted molar refractivity (Wildman–Crippen MR) is 49.2 cm³/mol.